The van der Waals surface area contributed by atoms with E-state index in [0.717, 1.165) is 0 Å². The first-order valence-corrected chi connectivity index (χ1v) is 51.6. The topological polar surface area (TPSA) is 0 Å². The highest BCUT2D eigenvalue weighted by Gasteiger charge is 2.29. The average Bonchev–Trinajstić information content (AvgIpc) is 0.708. The molecule has 0 radical (unpaired) electrons. The highest BCUT2D eigenvalue weighted by atomic mass is 14.3. The first-order chi connectivity index (χ1) is 73.4. The number of fused-ring (bicyclic) bond motifs is 33. The van der Waals surface area contributed by atoms with Crippen LogP contribution in [0.1, 0.15) is 0 Å². The molecule has 0 bridgehead atoms. The van der Waals surface area contributed by atoms with E-state index in [1.54, 1.807) is 0 Å². The first kappa shape index (κ1) is 84.4. The van der Waals surface area contributed by atoms with Crippen LogP contribution in [0.5, 0.6) is 0 Å². The fourth-order valence-electron chi connectivity index (χ4n) is 25.5. The summed E-state index contributed by atoms with van der Waals surface area (Å²) in [5.74, 6) is 0. The van der Waals surface area contributed by atoms with Crippen LogP contribution < -0.4 is 0 Å². The van der Waals surface area contributed by atoms with E-state index in [0.29, 0.717) is 0 Å². The van der Waals surface area contributed by atoms with Crippen molar-refractivity contribution in [2.45, 2.75) is 0 Å². The van der Waals surface area contributed by atoms with Crippen LogP contribution in [-0.4, -0.2) is 0 Å². The summed E-state index contributed by atoms with van der Waals surface area (Å²) in [5, 5.41) is 56.2. The van der Waals surface area contributed by atoms with Gasteiger partial charge >= 0.3 is 0 Å². The lowest BCUT2D eigenvalue weighted by Crippen LogP contribution is -1.95. The smallest absolute Gasteiger partial charge is 0.00134 e. The van der Waals surface area contributed by atoms with Gasteiger partial charge in [-0.2, -0.15) is 0 Å². The minimum Gasteiger partial charge on any atom is -0.0622 e. The summed E-state index contributed by atoms with van der Waals surface area (Å²) in [6.07, 6.45) is 0. The monoisotopic (exact) mass is 1870 g/mol. The van der Waals surface area contributed by atoms with Crippen LogP contribution >= 0.6 is 0 Å². The zero-order valence-electron chi connectivity index (χ0n) is 81.0. The Kier molecular flexibility index (Phi) is 19.6. The molecule has 32 aromatic rings. The summed E-state index contributed by atoms with van der Waals surface area (Å²) in [6, 6.07) is 203. The molecule has 682 valence electrons. The molecule has 0 unspecified atom stereocenters. The maximum absolute atomic E-state index is 2.44. The second-order valence-corrected chi connectivity index (χ2v) is 40.0. The Labute approximate surface area is 854 Å². The quantitative estimate of drug-likeness (QED) is 0.110. The van der Waals surface area contributed by atoms with E-state index in [-0.39, 0.29) is 0 Å². The SMILES string of the molecule is c1ccc(-c2ccccc2-c2c3ccc4ccccc4c3c(-c3ccc4ccc5ccccc5c4c3)c3ccc4ccccc4c23)cc1.c1ccc2c(c1)ccc1cc(-c3c4ccc5ccccc5c4c(-c4ccc5ccc6ccccc6c5c4)c4ccc5ccccc5c34)ccc12.c1ccc2c(c1)ccc1ccc(-c3c4ccc5ccccc5c4c(-c4cc5ccccc5c5ccccc45)c4ccc5ccccc5c34)cc12. The average molecular weight is 1870 g/mol. The Bertz CT molecular complexity index is 11300. The Morgan fingerprint density at radius 3 is 0.608 bits per heavy atom. The fraction of sp³-hybridized carbons (Fsp3) is 0. The Balaban J connectivity index is 0.000000102. The summed E-state index contributed by atoms with van der Waals surface area (Å²) in [4.78, 5) is 0. The van der Waals surface area contributed by atoms with Crippen molar-refractivity contribution >= 4 is 237 Å². The van der Waals surface area contributed by atoms with Crippen LogP contribution in [0, 0.1) is 0 Å². The molecule has 0 aliphatic carbocycles. The van der Waals surface area contributed by atoms with Crippen molar-refractivity contribution in [3.8, 4) is 77.9 Å². The summed E-state index contributed by atoms with van der Waals surface area (Å²) in [6.45, 7) is 0. The Morgan fingerprint density at radius 1 is 0.0743 bits per heavy atom. The molecule has 32 rings (SSSR count). The second kappa shape index (κ2) is 34.3. The molecule has 0 aromatic heterocycles. The molecule has 0 saturated carbocycles. The zero-order valence-corrected chi connectivity index (χ0v) is 81.0. The summed E-state index contributed by atoms with van der Waals surface area (Å²) < 4.78 is 0. The number of rotatable bonds is 7. The largest absolute Gasteiger partial charge is 0.0622 e. The van der Waals surface area contributed by atoms with Crippen molar-refractivity contribution in [1.82, 2.24) is 0 Å². The number of hydrogen-bond donors (Lipinski definition) is 0. The minimum atomic E-state index is 1.22. The van der Waals surface area contributed by atoms with E-state index < -0.39 is 0 Å². The number of benzene rings is 32. The predicted octanol–water partition coefficient (Wildman–Crippen LogP) is 42.1. The standard InChI is InChI=1S/2C50H30.C48H30/c1-5-15-37-31(11-1)21-22-34-23-24-36(30-45(34)37)47-43-27-25-33-13-3-8-18-40(33)49(43)50(44-28-26-32-12-2-7-17-39(32)48(44)47)46-29-35-14-4-6-16-38(35)41-19-9-10-20-42(41)46;1-5-13-39-31(9-1)19-21-36-29-37(25-26-41(36)39)47-44-27-23-34-12-4-8-16-43(34)50(44)48(45-28-24-33-11-3-7-15-42(33)49(45)47)38-22-20-35-18-17-32-10-2-6-14-40(32)46(35)30-38;1-2-12-31(13-3-1)37-17-10-11-21-41(37)48-43-29-27-33-15-5-8-19-39(33)46(43)45(42-28-26-34-16-6-9-20-40(34)47(42)48)36-25-24-35-23-22-32-14-4-7-18-38(32)44(35)30-36/h2*1-30H;1-30H. The van der Waals surface area contributed by atoms with Gasteiger partial charge in [0, 0.05) is 0 Å². The van der Waals surface area contributed by atoms with E-state index in [2.05, 4.69) is 546 Å². The minimum absolute atomic E-state index is 1.22. The van der Waals surface area contributed by atoms with Crippen LogP contribution in [0.4, 0.5) is 0 Å². The molecule has 148 heavy (non-hydrogen) atoms. The van der Waals surface area contributed by atoms with E-state index >= 15 is 0 Å². The number of hydrogen-bond acceptors (Lipinski definition) is 0. The van der Waals surface area contributed by atoms with E-state index in [1.807, 2.05) is 0 Å². The highest BCUT2D eigenvalue weighted by Crippen LogP contribution is 2.56. The lowest BCUT2D eigenvalue weighted by atomic mass is 9.80. The van der Waals surface area contributed by atoms with Crippen LogP contribution in [0.25, 0.3) is 315 Å². The van der Waals surface area contributed by atoms with E-state index in [4.69, 9.17) is 0 Å². The van der Waals surface area contributed by atoms with Crippen molar-refractivity contribution in [3.05, 3.63) is 546 Å². The van der Waals surface area contributed by atoms with Crippen LogP contribution in [0.3, 0.4) is 0 Å². The van der Waals surface area contributed by atoms with Crippen molar-refractivity contribution in [2.75, 3.05) is 0 Å². The third-order valence-corrected chi connectivity index (χ3v) is 32.1. The van der Waals surface area contributed by atoms with E-state index in [1.165, 1.54) is 315 Å². The zero-order chi connectivity index (χ0) is 97.1. The van der Waals surface area contributed by atoms with Crippen molar-refractivity contribution in [1.29, 1.82) is 0 Å². The van der Waals surface area contributed by atoms with Gasteiger partial charge in [-0.25, -0.2) is 0 Å². The molecular formula is C148H90. The molecule has 0 atom stereocenters. The van der Waals surface area contributed by atoms with Crippen molar-refractivity contribution in [3.63, 3.8) is 0 Å². The molecular weight excluding hydrogens is 1780 g/mol. The van der Waals surface area contributed by atoms with Crippen LogP contribution in [-0.2, 0) is 0 Å². The second-order valence-electron chi connectivity index (χ2n) is 40.0. The Morgan fingerprint density at radius 2 is 0.264 bits per heavy atom. The van der Waals surface area contributed by atoms with Gasteiger partial charge < -0.3 is 0 Å². The first-order valence-electron chi connectivity index (χ1n) is 51.6. The maximum atomic E-state index is 2.44. The predicted molar refractivity (Wildman–Crippen MR) is 643 cm³/mol. The molecule has 0 spiro atoms. The van der Waals surface area contributed by atoms with Crippen molar-refractivity contribution in [2.24, 2.45) is 0 Å². The maximum Gasteiger partial charge on any atom is -0.00134 e. The lowest BCUT2D eigenvalue weighted by molar-refractivity contribution is 1.61. The molecule has 0 fully saturated rings. The third-order valence-electron chi connectivity index (χ3n) is 32.1. The molecule has 0 amide bonds. The van der Waals surface area contributed by atoms with Crippen molar-refractivity contribution < 1.29 is 0 Å². The molecule has 0 heteroatoms. The van der Waals surface area contributed by atoms with Gasteiger partial charge in [-0.3, -0.25) is 0 Å². The molecule has 32 aromatic carbocycles. The molecule has 0 heterocycles. The van der Waals surface area contributed by atoms with Gasteiger partial charge in [-0.15, -0.1) is 0 Å². The van der Waals surface area contributed by atoms with Crippen LogP contribution in [0.15, 0.2) is 546 Å². The highest BCUT2D eigenvalue weighted by molar-refractivity contribution is 6.38. The molecule has 0 nitrogen and oxygen atoms in total. The van der Waals surface area contributed by atoms with Gasteiger partial charge in [0.05, 0.1) is 0 Å². The summed E-state index contributed by atoms with van der Waals surface area (Å²) in [7, 11) is 0. The molecule has 0 aliphatic rings. The van der Waals surface area contributed by atoms with E-state index in [9.17, 15) is 0 Å². The summed E-state index contributed by atoms with van der Waals surface area (Å²) in [5.41, 5.74) is 17.7. The van der Waals surface area contributed by atoms with Gasteiger partial charge in [0.1, 0.15) is 0 Å². The van der Waals surface area contributed by atoms with Gasteiger partial charge in [0.2, 0.25) is 0 Å². The fourth-order valence-corrected chi connectivity index (χ4v) is 25.5. The van der Waals surface area contributed by atoms with Gasteiger partial charge in [0.25, 0.3) is 0 Å². The van der Waals surface area contributed by atoms with Gasteiger partial charge in [-0.1, -0.05) is 516 Å². The normalized spacial score (nSPS) is 11.9. The van der Waals surface area contributed by atoms with Gasteiger partial charge in [0.15, 0.2) is 0 Å². The van der Waals surface area contributed by atoms with Crippen LogP contribution in [0.2, 0.25) is 0 Å². The molecule has 0 N–H and O–H groups in total. The molecule has 0 saturated heterocycles. The Hall–Kier alpha value is -19.2. The molecule has 0 aliphatic heterocycles. The third kappa shape index (κ3) is 13.5. The van der Waals surface area contributed by atoms with Gasteiger partial charge in [-0.05, 0) is 345 Å². The lowest BCUT2D eigenvalue weighted by Gasteiger charge is -2.22. The summed E-state index contributed by atoms with van der Waals surface area (Å²) >= 11 is 0.